The number of hydrogen-bond acceptors (Lipinski definition) is 7. The molecule has 2 atom stereocenters. The molecule has 0 radical (unpaired) electrons. The summed E-state index contributed by atoms with van der Waals surface area (Å²) in [7, 11) is 5.61. The van der Waals surface area contributed by atoms with E-state index in [0.717, 1.165) is 40.3 Å². The highest BCUT2D eigenvalue weighted by molar-refractivity contribution is 5.93. The van der Waals surface area contributed by atoms with Gasteiger partial charge in [-0.1, -0.05) is 45.0 Å². The van der Waals surface area contributed by atoms with E-state index in [9.17, 15) is 4.79 Å². The zero-order valence-electron chi connectivity index (χ0n) is 26.8. The minimum atomic E-state index is -0.322. The second kappa shape index (κ2) is 12.5. The zero-order chi connectivity index (χ0) is 31.1. The Morgan fingerprint density at radius 1 is 1.02 bits per heavy atom. The van der Waals surface area contributed by atoms with Gasteiger partial charge in [0.25, 0.3) is 0 Å². The maximum Gasteiger partial charge on any atom is 0.319 e. The van der Waals surface area contributed by atoms with Crippen LogP contribution in [-0.2, 0) is 11.0 Å². The Morgan fingerprint density at radius 2 is 1.73 bits per heavy atom. The Labute approximate surface area is 265 Å². The van der Waals surface area contributed by atoms with Crippen molar-refractivity contribution in [1.82, 2.24) is 24.8 Å². The summed E-state index contributed by atoms with van der Waals surface area (Å²) in [5.74, 6) is 2.02. The van der Waals surface area contributed by atoms with E-state index < -0.39 is 0 Å². The van der Waals surface area contributed by atoms with Crippen molar-refractivity contribution in [2.24, 2.45) is 0 Å². The Morgan fingerprint density at radius 3 is 2.39 bits per heavy atom. The summed E-state index contributed by atoms with van der Waals surface area (Å²) in [6.07, 6.45) is 3.24. The molecule has 2 aromatic heterocycles. The number of fused-ring (bicyclic) bond motifs is 2. The van der Waals surface area contributed by atoms with Gasteiger partial charge in [0.05, 0.1) is 36.3 Å². The number of halogens is 1. The van der Waals surface area contributed by atoms with Gasteiger partial charge in [-0.15, -0.1) is 22.6 Å². The molecule has 0 saturated carbocycles. The summed E-state index contributed by atoms with van der Waals surface area (Å²) in [5, 5.41) is 15.0. The summed E-state index contributed by atoms with van der Waals surface area (Å²) in [6, 6.07) is 15.3. The highest BCUT2D eigenvalue weighted by atomic mass is 35.5. The molecule has 2 amide bonds. The van der Waals surface area contributed by atoms with Gasteiger partial charge in [-0.25, -0.2) is 4.79 Å². The van der Waals surface area contributed by atoms with Crippen LogP contribution in [0.25, 0.3) is 5.65 Å². The molecule has 1 aliphatic rings. The van der Waals surface area contributed by atoms with Crippen molar-refractivity contribution in [1.29, 1.82) is 0 Å². The van der Waals surface area contributed by atoms with Gasteiger partial charge < -0.3 is 25.8 Å². The first kappa shape index (κ1) is 32.9. The second-order valence-electron chi connectivity index (χ2n) is 12.9. The third kappa shape index (κ3) is 6.42. The minimum Gasteiger partial charge on any atom is -0.492 e. The molecule has 0 bridgehead atoms. The van der Waals surface area contributed by atoms with E-state index in [1.54, 1.807) is 7.11 Å². The standard InChI is InChI=1S/C33H43N7O3.ClH/c1-32(2,3)20-17-24(34)29(42-8)26(18-20)36-31(41)35-25-14-15-27(23-12-10-9-11-22(23)25)43-21-13-16-28-37-38-30(40(28)19-21)33(4,5)39(6)7;/h9-13,16-19,25,27H,14-15,34H2,1-8H3,(H2,35,36,41);1H/t25-,27+;/m0./s1. The third-order valence-corrected chi connectivity index (χ3v) is 8.50. The van der Waals surface area contributed by atoms with Gasteiger partial charge in [-0.3, -0.25) is 9.30 Å². The molecule has 1 aliphatic carbocycles. The van der Waals surface area contributed by atoms with Crippen molar-refractivity contribution in [3.8, 4) is 11.5 Å². The number of hydrogen-bond donors (Lipinski definition) is 3. The maximum absolute atomic E-state index is 13.3. The number of rotatable bonds is 7. The predicted octanol–water partition coefficient (Wildman–Crippen LogP) is 6.61. The number of carbonyl (C=O) groups excluding carboxylic acids is 1. The highest BCUT2D eigenvalue weighted by Gasteiger charge is 2.31. The Balaban J connectivity index is 0.00000442. The molecule has 2 aromatic carbocycles. The number of nitrogen functional groups attached to an aromatic ring is 1. The van der Waals surface area contributed by atoms with E-state index in [2.05, 4.69) is 72.5 Å². The van der Waals surface area contributed by atoms with Crippen molar-refractivity contribution in [2.45, 2.75) is 70.6 Å². The monoisotopic (exact) mass is 621 g/mol. The van der Waals surface area contributed by atoms with Crippen LogP contribution in [0.4, 0.5) is 16.2 Å². The smallest absolute Gasteiger partial charge is 0.319 e. The first-order valence-electron chi connectivity index (χ1n) is 14.6. The van der Waals surface area contributed by atoms with Crippen molar-refractivity contribution >= 4 is 35.5 Å². The average molecular weight is 622 g/mol. The molecule has 11 heteroatoms. The lowest BCUT2D eigenvalue weighted by Gasteiger charge is -2.32. The molecule has 10 nitrogen and oxygen atoms in total. The molecule has 44 heavy (non-hydrogen) atoms. The molecule has 0 unspecified atom stereocenters. The third-order valence-electron chi connectivity index (χ3n) is 8.50. The van der Waals surface area contributed by atoms with E-state index in [4.69, 9.17) is 15.2 Å². The number of nitrogens with zero attached hydrogens (tertiary/aromatic N) is 4. The summed E-state index contributed by atoms with van der Waals surface area (Å²) >= 11 is 0. The van der Waals surface area contributed by atoms with E-state index in [1.165, 1.54) is 0 Å². The average Bonchev–Trinajstić information content (AvgIpc) is 3.38. The summed E-state index contributed by atoms with van der Waals surface area (Å²) in [4.78, 5) is 15.4. The van der Waals surface area contributed by atoms with Gasteiger partial charge in [-0.2, -0.15) is 0 Å². The SMILES string of the molecule is COc1c(N)cc(C(C)(C)C)cc1NC(=O)N[C@H]1CC[C@@H](Oc2ccc3nnc(C(C)(C)N(C)C)n3c2)c2ccccc21.Cl. The van der Waals surface area contributed by atoms with Crippen molar-refractivity contribution in [3.63, 3.8) is 0 Å². The number of urea groups is 1. The largest absolute Gasteiger partial charge is 0.492 e. The van der Waals surface area contributed by atoms with Crippen LogP contribution in [-0.4, -0.2) is 46.7 Å². The predicted molar refractivity (Wildman–Crippen MR) is 177 cm³/mol. The quantitative estimate of drug-likeness (QED) is 0.199. The highest BCUT2D eigenvalue weighted by Crippen LogP contribution is 2.40. The fourth-order valence-corrected chi connectivity index (χ4v) is 5.47. The molecule has 0 saturated heterocycles. The first-order chi connectivity index (χ1) is 20.3. The van der Waals surface area contributed by atoms with Crippen LogP contribution in [0, 0.1) is 0 Å². The molecular weight excluding hydrogens is 578 g/mol. The molecule has 236 valence electrons. The Kier molecular flexibility index (Phi) is 9.37. The normalized spacial score (nSPS) is 16.7. The minimum absolute atomic E-state index is 0. The van der Waals surface area contributed by atoms with Gasteiger partial charge in [-0.05, 0) is 87.2 Å². The summed E-state index contributed by atoms with van der Waals surface area (Å²) in [6.45, 7) is 10.5. The molecular formula is C33H44ClN7O3. The topological polar surface area (TPSA) is 119 Å². The van der Waals surface area contributed by atoms with Gasteiger partial charge in [0.2, 0.25) is 0 Å². The van der Waals surface area contributed by atoms with Crippen LogP contribution in [0.15, 0.2) is 54.7 Å². The van der Waals surface area contributed by atoms with Crippen LogP contribution in [0.1, 0.15) is 82.1 Å². The van der Waals surface area contributed by atoms with Crippen molar-refractivity contribution in [2.75, 3.05) is 32.3 Å². The van der Waals surface area contributed by atoms with Crippen LogP contribution < -0.4 is 25.8 Å². The fraction of sp³-hybridized carbons (Fsp3) is 0.424. The molecule has 5 rings (SSSR count). The number of carbonyl (C=O) groups is 1. The lowest BCUT2D eigenvalue weighted by molar-refractivity contribution is 0.170. The van der Waals surface area contributed by atoms with Crippen LogP contribution in [0.5, 0.6) is 11.5 Å². The number of benzene rings is 2. The fourth-order valence-electron chi connectivity index (χ4n) is 5.47. The Hall–Kier alpha value is -4.02. The van der Waals surface area contributed by atoms with E-state index >= 15 is 0 Å². The molecule has 4 N–H and O–H groups in total. The number of nitrogens with one attached hydrogen (secondary N) is 2. The molecule has 0 spiro atoms. The zero-order valence-corrected chi connectivity index (χ0v) is 27.6. The first-order valence-corrected chi connectivity index (χ1v) is 14.6. The van der Waals surface area contributed by atoms with Crippen LogP contribution in [0.3, 0.4) is 0 Å². The van der Waals surface area contributed by atoms with Gasteiger partial charge in [0, 0.05) is 0 Å². The lowest BCUT2D eigenvalue weighted by Crippen LogP contribution is -2.37. The number of ether oxygens (including phenoxy) is 2. The number of pyridine rings is 1. The molecule has 4 aromatic rings. The van der Waals surface area contributed by atoms with Crippen LogP contribution in [0.2, 0.25) is 0 Å². The molecule has 2 heterocycles. The van der Waals surface area contributed by atoms with Crippen molar-refractivity contribution in [3.05, 3.63) is 77.2 Å². The number of anilines is 2. The van der Waals surface area contributed by atoms with E-state index in [-0.39, 0.29) is 41.5 Å². The Bertz CT molecular complexity index is 1640. The lowest BCUT2D eigenvalue weighted by atomic mass is 9.85. The van der Waals surface area contributed by atoms with Gasteiger partial charge >= 0.3 is 6.03 Å². The number of methoxy groups -OCH3 is 1. The number of amides is 2. The second-order valence-corrected chi connectivity index (χ2v) is 12.9. The molecule has 0 fully saturated rings. The van der Waals surface area contributed by atoms with Crippen molar-refractivity contribution < 1.29 is 14.3 Å². The molecule has 0 aliphatic heterocycles. The van der Waals surface area contributed by atoms with Crippen LogP contribution >= 0.6 is 12.4 Å². The van der Waals surface area contributed by atoms with Gasteiger partial charge in [0.1, 0.15) is 11.9 Å². The van der Waals surface area contributed by atoms with E-state index in [0.29, 0.717) is 23.5 Å². The summed E-state index contributed by atoms with van der Waals surface area (Å²) < 4.78 is 14.1. The maximum atomic E-state index is 13.3. The number of nitrogens with two attached hydrogens (primary N) is 1. The summed E-state index contributed by atoms with van der Waals surface area (Å²) in [5.41, 5.74) is 10.7. The number of aromatic nitrogens is 3. The van der Waals surface area contributed by atoms with Gasteiger partial charge in [0.15, 0.2) is 17.2 Å². The van der Waals surface area contributed by atoms with E-state index in [1.807, 2.05) is 61.1 Å².